The average molecular weight is 590 g/mol. The molecule has 39 heavy (non-hydrogen) atoms. The van der Waals surface area contributed by atoms with Crippen LogP contribution in [0.25, 0.3) is 21.2 Å². The second-order valence-corrected chi connectivity index (χ2v) is 16.6. The van der Waals surface area contributed by atoms with E-state index in [9.17, 15) is 21.6 Å². The summed E-state index contributed by atoms with van der Waals surface area (Å²) in [5.41, 5.74) is 1.05. The summed E-state index contributed by atoms with van der Waals surface area (Å²) in [6.45, 7) is 5.42. The number of nitrogens with zero attached hydrogens (tertiary/aromatic N) is 1. The molecule has 1 aromatic heterocycles. The van der Waals surface area contributed by atoms with E-state index in [1.54, 1.807) is 6.07 Å². The molecule has 2 aliphatic rings. The zero-order valence-electron chi connectivity index (χ0n) is 22.5. The van der Waals surface area contributed by atoms with E-state index >= 15 is 0 Å². The molecule has 0 bridgehead atoms. The van der Waals surface area contributed by atoms with Gasteiger partial charge in [0.25, 0.3) is 5.91 Å². The topological polar surface area (TPSA) is 122 Å². The second kappa shape index (κ2) is 10.6. The first-order valence-corrected chi connectivity index (χ1v) is 17.5. The standard InChI is InChI=1S/C28H35N3O5S3/c1-28(2,3)31-39(35,36)24-14-13-22(20-11-7-8-12-21(20)24)25-23(15-18-9-5-4-6-10-18)30-27(37-25)26(32)29-19-16-38(33,34)17-19/h7-8,11-14,18-19,31H,4-6,9-10,15-17H2,1-3H3,(H,29,32). The lowest BCUT2D eigenvalue weighted by molar-refractivity contribution is 0.0941. The van der Waals surface area contributed by atoms with Crippen molar-refractivity contribution in [2.75, 3.05) is 11.5 Å². The van der Waals surface area contributed by atoms with E-state index in [1.165, 1.54) is 30.6 Å². The zero-order chi connectivity index (χ0) is 28.0. The Morgan fingerprint density at radius 3 is 2.33 bits per heavy atom. The maximum atomic E-state index is 13.3. The first-order chi connectivity index (χ1) is 18.3. The summed E-state index contributed by atoms with van der Waals surface area (Å²) in [5.74, 6) is 0.0209. The van der Waals surface area contributed by atoms with Gasteiger partial charge in [0, 0.05) is 16.5 Å². The lowest BCUT2D eigenvalue weighted by Gasteiger charge is -2.26. The Balaban J connectivity index is 1.56. The number of hydrogen-bond acceptors (Lipinski definition) is 7. The molecule has 2 N–H and O–H groups in total. The molecular weight excluding hydrogens is 555 g/mol. The van der Waals surface area contributed by atoms with E-state index in [-0.39, 0.29) is 22.3 Å². The molecular formula is C28H35N3O5S3. The number of sulfonamides is 1. The van der Waals surface area contributed by atoms with Crippen LogP contribution in [0, 0.1) is 5.92 Å². The van der Waals surface area contributed by atoms with Gasteiger partial charge < -0.3 is 5.32 Å². The summed E-state index contributed by atoms with van der Waals surface area (Å²) in [4.78, 5) is 18.9. The van der Waals surface area contributed by atoms with Crippen molar-refractivity contribution in [2.24, 2.45) is 5.92 Å². The number of hydrogen-bond donors (Lipinski definition) is 2. The predicted octanol–water partition coefficient (Wildman–Crippen LogP) is 4.69. The van der Waals surface area contributed by atoms with Crippen LogP contribution in [0.2, 0.25) is 0 Å². The van der Waals surface area contributed by atoms with Gasteiger partial charge in [-0.25, -0.2) is 26.5 Å². The van der Waals surface area contributed by atoms with Crippen molar-refractivity contribution in [3.63, 3.8) is 0 Å². The van der Waals surface area contributed by atoms with E-state index in [0.717, 1.165) is 40.8 Å². The van der Waals surface area contributed by atoms with E-state index < -0.39 is 31.4 Å². The van der Waals surface area contributed by atoms with Crippen LogP contribution >= 0.6 is 11.3 Å². The van der Waals surface area contributed by atoms with Gasteiger partial charge >= 0.3 is 0 Å². The maximum absolute atomic E-state index is 13.3. The van der Waals surface area contributed by atoms with Crippen LogP contribution in [0.15, 0.2) is 41.3 Å². The first kappa shape index (κ1) is 28.2. The van der Waals surface area contributed by atoms with Crippen LogP contribution in [0.3, 0.4) is 0 Å². The third kappa shape index (κ3) is 6.37. The van der Waals surface area contributed by atoms with E-state index in [0.29, 0.717) is 16.3 Å². The van der Waals surface area contributed by atoms with Crippen molar-refractivity contribution in [2.45, 2.75) is 75.8 Å². The SMILES string of the molecule is CC(C)(C)NS(=O)(=O)c1ccc(-c2sc(C(=O)NC3CS(=O)(=O)C3)nc2CC2CCCCC2)c2ccccc12. The van der Waals surface area contributed by atoms with Crippen molar-refractivity contribution in [3.8, 4) is 10.4 Å². The van der Waals surface area contributed by atoms with E-state index in [1.807, 2.05) is 51.1 Å². The summed E-state index contributed by atoms with van der Waals surface area (Å²) in [5, 5.41) is 4.50. The number of amides is 1. The molecule has 2 aromatic carbocycles. The van der Waals surface area contributed by atoms with Crippen LogP contribution in [-0.2, 0) is 26.3 Å². The van der Waals surface area contributed by atoms with Crippen molar-refractivity contribution >= 4 is 47.9 Å². The number of benzene rings is 2. The summed E-state index contributed by atoms with van der Waals surface area (Å²) in [6.07, 6.45) is 6.59. The summed E-state index contributed by atoms with van der Waals surface area (Å²) < 4.78 is 52.5. The highest BCUT2D eigenvalue weighted by molar-refractivity contribution is 7.92. The number of aromatic nitrogens is 1. The lowest BCUT2D eigenvalue weighted by atomic mass is 9.85. The molecule has 0 radical (unpaired) electrons. The van der Waals surface area contributed by atoms with Gasteiger partial charge in [0.05, 0.1) is 33.0 Å². The Kier molecular flexibility index (Phi) is 7.64. The molecule has 11 heteroatoms. The minimum absolute atomic E-state index is 0.0465. The number of thiazole rings is 1. The van der Waals surface area contributed by atoms with Gasteiger partial charge in [0.1, 0.15) is 0 Å². The van der Waals surface area contributed by atoms with Crippen molar-refractivity contribution in [1.29, 1.82) is 0 Å². The molecule has 0 unspecified atom stereocenters. The Morgan fingerprint density at radius 1 is 1.03 bits per heavy atom. The van der Waals surface area contributed by atoms with Gasteiger partial charge in [-0.3, -0.25) is 4.79 Å². The van der Waals surface area contributed by atoms with Gasteiger partial charge in [-0.05, 0) is 44.6 Å². The molecule has 210 valence electrons. The van der Waals surface area contributed by atoms with E-state index in [2.05, 4.69) is 10.0 Å². The Labute approximate surface area is 234 Å². The fourth-order valence-corrected chi connectivity index (χ4v) is 9.48. The summed E-state index contributed by atoms with van der Waals surface area (Å²) in [6, 6.07) is 10.5. The van der Waals surface area contributed by atoms with Gasteiger partial charge in [0.2, 0.25) is 10.0 Å². The van der Waals surface area contributed by atoms with Crippen LogP contribution in [0.1, 0.15) is 68.4 Å². The quantitative estimate of drug-likeness (QED) is 0.412. The molecule has 2 heterocycles. The molecule has 8 nitrogen and oxygen atoms in total. The molecule has 3 aromatic rings. The normalized spacial score (nSPS) is 18.6. The summed E-state index contributed by atoms with van der Waals surface area (Å²) in [7, 11) is -6.84. The molecule has 1 saturated carbocycles. The monoisotopic (exact) mass is 589 g/mol. The number of fused-ring (bicyclic) bond motifs is 1. The van der Waals surface area contributed by atoms with Crippen molar-refractivity contribution < 1.29 is 21.6 Å². The molecule has 2 fully saturated rings. The van der Waals surface area contributed by atoms with Crippen LogP contribution in [0.4, 0.5) is 0 Å². The Hall–Kier alpha value is -2.34. The minimum Gasteiger partial charge on any atom is -0.345 e. The van der Waals surface area contributed by atoms with Gasteiger partial charge in [-0.15, -0.1) is 11.3 Å². The fraction of sp³-hybridized carbons (Fsp3) is 0.500. The average Bonchev–Trinajstić information content (AvgIpc) is 3.25. The van der Waals surface area contributed by atoms with E-state index in [4.69, 9.17) is 4.98 Å². The predicted molar refractivity (Wildman–Crippen MR) is 155 cm³/mol. The van der Waals surface area contributed by atoms with Gasteiger partial charge in [-0.2, -0.15) is 0 Å². The Morgan fingerprint density at radius 2 is 1.69 bits per heavy atom. The fourth-order valence-electron chi connectivity index (χ4n) is 5.52. The lowest BCUT2D eigenvalue weighted by Crippen LogP contribution is -2.52. The Bertz CT molecular complexity index is 1600. The molecule has 1 amide bonds. The van der Waals surface area contributed by atoms with Gasteiger partial charge in [0.15, 0.2) is 14.8 Å². The zero-order valence-corrected chi connectivity index (χ0v) is 24.9. The number of carbonyl (C=O) groups excluding carboxylic acids is 1. The molecule has 1 aliphatic carbocycles. The second-order valence-electron chi connectivity index (χ2n) is 11.8. The van der Waals surface area contributed by atoms with Crippen LogP contribution < -0.4 is 10.0 Å². The van der Waals surface area contributed by atoms with Crippen LogP contribution in [0.5, 0.6) is 0 Å². The molecule has 5 rings (SSSR count). The van der Waals surface area contributed by atoms with Crippen LogP contribution in [-0.4, -0.2) is 50.8 Å². The van der Waals surface area contributed by atoms with Crippen molar-refractivity contribution in [3.05, 3.63) is 47.1 Å². The highest BCUT2D eigenvalue weighted by atomic mass is 32.2. The number of nitrogens with one attached hydrogen (secondary N) is 2. The van der Waals surface area contributed by atoms with Gasteiger partial charge in [-0.1, -0.05) is 62.4 Å². The highest BCUT2D eigenvalue weighted by Gasteiger charge is 2.35. The highest BCUT2D eigenvalue weighted by Crippen LogP contribution is 2.40. The molecule has 1 saturated heterocycles. The minimum atomic E-state index is -3.78. The molecule has 0 atom stereocenters. The number of rotatable bonds is 7. The number of carbonyl (C=O) groups is 1. The third-order valence-electron chi connectivity index (χ3n) is 7.20. The number of sulfone groups is 1. The van der Waals surface area contributed by atoms with Crippen molar-refractivity contribution in [1.82, 2.24) is 15.0 Å². The third-order valence-corrected chi connectivity index (χ3v) is 12.0. The largest absolute Gasteiger partial charge is 0.345 e. The maximum Gasteiger partial charge on any atom is 0.280 e. The smallest absolute Gasteiger partial charge is 0.280 e. The molecule has 0 spiro atoms. The summed E-state index contributed by atoms with van der Waals surface area (Å²) >= 11 is 1.29. The first-order valence-electron chi connectivity index (χ1n) is 13.4. The molecule has 1 aliphatic heterocycles.